The van der Waals surface area contributed by atoms with E-state index in [1.165, 1.54) is 5.56 Å². The third kappa shape index (κ3) is 2.08. The summed E-state index contributed by atoms with van der Waals surface area (Å²) in [5, 5.41) is 5.64. The van der Waals surface area contributed by atoms with Gasteiger partial charge < -0.3 is 20.9 Å². The van der Waals surface area contributed by atoms with Crippen molar-refractivity contribution in [3.05, 3.63) is 41.0 Å². The van der Waals surface area contributed by atoms with E-state index < -0.39 is 0 Å². The molecule has 0 radical (unpaired) electrons. The Balaban J connectivity index is 2.12. The number of nitrogens with zero attached hydrogens (tertiary/aromatic N) is 1. The second kappa shape index (κ2) is 5.53. The van der Waals surface area contributed by atoms with E-state index in [0.29, 0.717) is 5.56 Å². The molecule has 1 fully saturated rings. The van der Waals surface area contributed by atoms with E-state index in [4.69, 9.17) is 5.73 Å². The molecule has 5 heteroatoms. The highest BCUT2D eigenvalue weighted by atomic mass is 16.1. The molecule has 1 aliphatic heterocycles. The maximum atomic E-state index is 12.2. The molecule has 1 saturated heterocycles. The number of carbonyl (C=O) groups excluding carboxylic acids is 1. The second-order valence-electron chi connectivity index (χ2n) is 6.50. The first-order chi connectivity index (χ1) is 11.6. The summed E-state index contributed by atoms with van der Waals surface area (Å²) >= 11 is 0. The number of hydrogen-bond donors (Lipinski definition) is 3. The topological polar surface area (TPSA) is 74.2 Å². The monoisotopic (exact) mass is 322 g/mol. The fraction of sp³-hybridized carbons (Fsp3) is 0.316. The molecule has 124 valence electrons. The Labute approximate surface area is 140 Å². The summed E-state index contributed by atoms with van der Waals surface area (Å²) in [6.07, 6.45) is 0. The molecular formula is C19H22N4O. The van der Waals surface area contributed by atoms with Crippen LogP contribution >= 0.6 is 0 Å². The molecule has 0 aliphatic carbocycles. The van der Waals surface area contributed by atoms with Crippen molar-refractivity contribution in [3.8, 4) is 0 Å². The number of fused-ring (bicyclic) bond motifs is 3. The number of aromatic amines is 1. The van der Waals surface area contributed by atoms with Crippen LogP contribution in [0.15, 0.2) is 24.3 Å². The molecule has 0 unspecified atom stereocenters. The summed E-state index contributed by atoms with van der Waals surface area (Å²) in [5.74, 6) is -0.375. The standard InChI is InChI=1S/C19H22N4O/c1-11-15-13-5-3-4-6-14(13)22-17(15)16(19(20)24)12(2)18(11)23-9-7-21-8-10-23/h3-6,21-22H,7-10H2,1-2H3,(H2,20,24). The van der Waals surface area contributed by atoms with Crippen molar-refractivity contribution in [1.29, 1.82) is 0 Å². The molecule has 4 N–H and O–H groups in total. The van der Waals surface area contributed by atoms with Crippen molar-refractivity contribution in [2.24, 2.45) is 5.73 Å². The summed E-state index contributed by atoms with van der Waals surface area (Å²) < 4.78 is 0. The number of nitrogens with two attached hydrogens (primary N) is 1. The molecule has 4 rings (SSSR count). The number of amides is 1. The summed E-state index contributed by atoms with van der Waals surface area (Å²) in [4.78, 5) is 18.0. The molecule has 5 nitrogen and oxygen atoms in total. The second-order valence-corrected chi connectivity index (χ2v) is 6.50. The molecule has 2 heterocycles. The molecule has 0 spiro atoms. The molecule has 0 bridgehead atoms. The van der Waals surface area contributed by atoms with E-state index in [1.807, 2.05) is 25.1 Å². The van der Waals surface area contributed by atoms with Gasteiger partial charge in [0.05, 0.1) is 11.1 Å². The van der Waals surface area contributed by atoms with Crippen molar-refractivity contribution in [3.63, 3.8) is 0 Å². The first kappa shape index (κ1) is 15.0. The number of aryl methyl sites for hydroxylation is 1. The Kier molecular flexibility index (Phi) is 3.46. The van der Waals surface area contributed by atoms with Crippen molar-refractivity contribution >= 4 is 33.4 Å². The molecule has 24 heavy (non-hydrogen) atoms. The largest absolute Gasteiger partial charge is 0.369 e. The number of rotatable bonds is 2. The third-order valence-electron chi connectivity index (χ3n) is 5.10. The van der Waals surface area contributed by atoms with Crippen LogP contribution in [0, 0.1) is 13.8 Å². The van der Waals surface area contributed by atoms with Gasteiger partial charge in [-0.25, -0.2) is 0 Å². The van der Waals surface area contributed by atoms with Gasteiger partial charge in [-0.1, -0.05) is 18.2 Å². The smallest absolute Gasteiger partial charge is 0.251 e. The van der Waals surface area contributed by atoms with Gasteiger partial charge in [0.25, 0.3) is 5.91 Å². The van der Waals surface area contributed by atoms with Gasteiger partial charge in [0.1, 0.15) is 0 Å². The normalized spacial score (nSPS) is 15.3. The molecular weight excluding hydrogens is 300 g/mol. The zero-order valence-corrected chi connectivity index (χ0v) is 14.1. The van der Waals surface area contributed by atoms with Crippen LogP contribution in [-0.2, 0) is 0 Å². The summed E-state index contributed by atoms with van der Waals surface area (Å²) in [5.41, 5.74) is 11.6. The number of para-hydroxylation sites is 1. The molecule has 0 atom stereocenters. The molecule has 2 aromatic carbocycles. The molecule has 1 aromatic heterocycles. The number of primary amides is 1. The van der Waals surface area contributed by atoms with E-state index in [9.17, 15) is 4.79 Å². The van der Waals surface area contributed by atoms with Crippen molar-refractivity contribution in [2.45, 2.75) is 13.8 Å². The van der Waals surface area contributed by atoms with Crippen LogP contribution in [-0.4, -0.2) is 37.1 Å². The minimum Gasteiger partial charge on any atom is -0.369 e. The van der Waals surface area contributed by atoms with E-state index in [1.54, 1.807) is 0 Å². The van der Waals surface area contributed by atoms with Gasteiger partial charge in [0.15, 0.2) is 0 Å². The lowest BCUT2D eigenvalue weighted by Gasteiger charge is -2.33. The molecule has 0 saturated carbocycles. The highest BCUT2D eigenvalue weighted by Gasteiger charge is 2.24. The van der Waals surface area contributed by atoms with Gasteiger partial charge in [0.2, 0.25) is 0 Å². The zero-order valence-electron chi connectivity index (χ0n) is 14.1. The molecule has 3 aromatic rings. The SMILES string of the molecule is Cc1c(N2CCNCC2)c(C)c2c([nH]c3ccccc32)c1C(N)=O. The number of aromatic nitrogens is 1. The van der Waals surface area contributed by atoms with E-state index >= 15 is 0 Å². The average Bonchev–Trinajstić information content (AvgIpc) is 2.94. The van der Waals surface area contributed by atoms with Gasteiger partial charge in [-0.15, -0.1) is 0 Å². The minimum atomic E-state index is -0.375. The third-order valence-corrected chi connectivity index (χ3v) is 5.10. The van der Waals surface area contributed by atoms with E-state index in [2.05, 4.69) is 28.2 Å². The molecule has 1 amide bonds. The number of carbonyl (C=O) groups is 1. The van der Waals surface area contributed by atoms with Crippen LogP contribution in [0.5, 0.6) is 0 Å². The number of nitrogens with one attached hydrogen (secondary N) is 2. The summed E-state index contributed by atoms with van der Waals surface area (Å²) in [7, 11) is 0. The van der Waals surface area contributed by atoms with Crippen LogP contribution in [0.25, 0.3) is 21.8 Å². The lowest BCUT2D eigenvalue weighted by atomic mass is 9.95. The van der Waals surface area contributed by atoms with Gasteiger partial charge in [0, 0.05) is 48.2 Å². The average molecular weight is 322 g/mol. The fourth-order valence-corrected chi connectivity index (χ4v) is 4.10. The Hall–Kier alpha value is -2.53. The lowest BCUT2D eigenvalue weighted by Crippen LogP contribution is -2.44. The summed E-state index contributed by atoms with van der Waals surface area (Å²) in [6, 6.07) is 8.17. The highest BCUT2D eigenvalue weighted by Crippen LogP contribution is 2.39. The predicted octanol–water partition coefficient (Wildman–Crippen LogP) is 2.45. The van der Waals surface area contributed by atoms with E-state index in [0.717, 1.165) is 59.2 Å². The first-order valence-electron chi connectivity index (χ1n) is 8.38. The highest BCUT2D eigenvalue weighted by molar-refractivity contribution is 6.18. The maximum Gasteiger partial charge on any atom is 0.251 e. The Bertz CT molecular complexity index is 951. The van der Waals surface area contributed by atoms with Crippen LogP contribution in [0.1, 0.15) is 21.5 Å². The van der Waals surface area contributed by atoms with E-state index in [-0.39, 0.29) is 5.91 Å². The summed E-state index contributed by atoms with van der Waals surface area (Å²) in [6.45, 7) is 7.95. The van der Waals surface area contributed by atoms with Gasteiger partial charge in [-0.05, 0) is 31.0 Å². The minimum absolute atomic E-state index is 0.375. The predicted molar refractivity (Wildman–Crippen MR) is 98.9 cm³/mol. The van der Waals surface area contributed by atoms with Gasteiger partial charge >= 0.3 is 0 Å². The lowest BCUT2D eigenvalue weighted by molar-refractivity contribution is 0.100. The van der Waals surface area contributed by atoms with Crippen molar-refractivity contribution < 1.29 is 4.79 Å². The maximum absolute atomic E-state index is 12.2. The number of hydrogen-bond acceptors (Lipinski definition) is 3. The number of benzene rings is 2. The van der Waals surface area contributed by atoms with Crippen molar-refractivity contribution in [1.82, 2.24) is 10.3 Å². The zero-order chi connectivity index (χ0) is 16.8. The van der Waals surface area contributed by atoms with Gasteiger partial charge in [-0.2, -0.15) is 0 Å². The van der Waals surface area contributed by atoms with Gasteiger partial charge in [-0.3, -0.25) is 4.79 Å². The molecule has 1 aliphatic rings. The quantitative estimate of drug-likeness (QED) is 0.678. The number of piperazine rings is 1. The number of H-pyrrole nitrogens is 1. The van der Waals surface area contributed by atoms with Crippen LogP contribution < -0.4 is 16.0 Å². The van der Waals surface area contributed by atoms with Crippen molar-refractivity contribution in [2.75, 3.05) is 31.1 Å². The van der Waals surface area contributed by atoms with Crippen LogP contribution in [0.3, 0.4) is 0 Å². The van der Waals surface area contributed by atoms with Crippen LogP contribution in [0.4, 0.5) is 5.69 Å². The Morgan fingerprint density at radius 3 is 2.54 bits per heavy atom. The first-order valence-corrected chi connectivity index (χ1v) is 8.38. The Morgan fingerprint density at radius 2 is 1.83 bits per heavy atom. The Morgan fingerprint density at radius 1 is 1.12 bits per heavy atom. The fourth-order valence-electron chi connectivity index (χ4n) is 4.10. The van der Waals surface area contributed by atoms with Crippen LogP contribution in [0.2, 0.25) is 0 Å². The number of anilines is 1.